The number of nitrogens with two attached hydrogens (primary N) is 3. The summed E-state index contributed by atoms with van der Waals surface area (Å²) in [5, 5.41) is 2.51. The standard InChI is InChI=1S/C5H13N5O2/c6-5(7)10-2-1-9-4(11)3-12-8/h1-3,8H2,(H,9,11)(H4,6,7,10)/p+1. The lowest BCUT2D eigenvalue weighted by atomic mass is 10.5. The Hall–Kier alpha value is -1.34. The summed E-state index contributed by atoms with van der Waals surface area (Å²) >= 11 is 0. The average molecular weight is 176 g/mol. The van der Waals surface area contributed by atoms with Crippen LogP contribution >= 0.6 is 0 Å². The van der Waals surface area contributed by atoms with Crippen molar-refractivity contribution < 1.29 is 14.6 Å². The molecule has 0 saturated heterocycles. The molecule has 0 aliphatic rings. The Bertz CT molecular complexity index is 165. The van der Waals surface area contributed by atoms with Gasteiger partial charge in [-0.1, -0.05) is 0 Å². The zero-order chi connectivity index (χ0) is 9.40. The van der Waals surface area contributed by atoms with E-state index in [9.17, 15) is 4.79 Å². The summed E-state index contributed by atoms with van der Waals surface area (Å²) < 4.78 is 0. The van der Waals surface area contributed by atoms with Crippen LogP contribution in [0.25, 0.3) is 0 Å². The Morgan fingerprint density at radius 1 is 1.50 bits per heavy atom. The molecule has 0 rings (SSSR count). The molecule has 7 nitrogen and oxygen atoms in total. The first-order valence-corrected chi connectivity index (χ1v) is 3.37. The highest BCUT2D eigenvalue weighted by atomic mass is 16.6. The van der Waals surface area contributed by atoms with Crippen LogP contribution in [0.4, 0.5) is 0 Å². The topological polar surface area (TPSA) is 130 Å². The Kier molecular flexibility index (Phi) is 5.66. The molecule has 8 N–H and O–H groups in total. The smallest absolute Gasteiger partial charge is 0.338 e. The van der Waals surface area contributed by atoms with Crippen LogP contribution in [-0.2, 0) is 9.63 Å². The van der Waals surface area contributed by atoms with Crippen LogP contribution in [0.15, 0.2) is 0 Å². The Balaban J connectivity index is 3.31. The van der Waals surface area contributed by atoms with Crippen LogP contribution in [0.3, 0.4) is 0 Å². The van der Waals surface area contributed by atoms with E-state index < -0.39 is 0 Å². The van der Waals surface area contributed by atoms with E-state index in [1.54, 1.807) is 0 Å². The predicted molar refractivity (Wildman–Crippen MR) is 42.4 cm³/mol. The zero-order valence-corrected chi connectivity index (χ0v) is 6.67. The molecule has 7 heteroatoms. The summed E-state index contributed by atoms with van der Waals surface area (Å²) in [6, 6.07) is 0. The molecule has 0 aromatic carbocycles. The van der Waals surface area contributed by atoms with Crippen molar-refractivity contribution in [3.05, 3.63) is 0 Å². The molecule has 0 aromatic rings. The molecule has 0 atom stereocenters. The molecule has 0 spiro atoms. The van der Waals surface area contributed by atoms with E-state index in [1.165, 1.54) is 0 Å². The van der Waals surface area contributed by atoms with E-state index in [1.807, 2.05) is 0 Å². The Labute approximate surface area is 69.9 Å². The van der Waals surface area contributed by atoms with Gasteiger partial charge >= 0.3 is 5.96 Å². The van der Waals surface area contributed by atoms with E-state index in [4.69, 9.17) is 11.5 Å². The second-order valence-corrected chi connectivity index (χ2v) is 2.04. The van der Waals surface area contributed by atoms with Crippen molar-refractivity contribution in [2.75, 3.05) is 19.7 Å². The van der Waals surface area contributed by atoms with Gasteiger partial charge < -0.3 is 5.32 Å². The Morgan fingerprint density at radius 3 is 2.67 bits per heavy atom. The third kappa shape index (κ3) is 6.78. The summed E-state index contributed by atoms with van der Waals surface area (Å²) in [5.41, 5.74) is 10.2. The van der Waals surface area contributed by atoms with Crippen molar-refractivity contribution in [1.29, 1.82) is 0 Å². The minimum atomic E-state index is -0.283. The molecular formula is C5H14N5O2+. The van der Waals surface area contributed by atoms with E-state index in [0.717, 1.165) is 0 Å². The SMILES string of the molecule is NOCC(=O)NCC[NH+]=C(N)N. The van der Waals surface area contributed by atoms with Gasteiger partial charge in [0.05, 0.1) is 6.54 Å². The number of guanidine groups is 1. The fourth-order valence-electron chi connectivity index (χ4n) is 0.535. The minimum absolute atomic E-state index is 0.124. The summed E-state index contributed by atoms with van der Waals surface area (Å²) in [4.78, 5) is 17.4. The summed E-state index contributed by atoms with van der Waals surface area (Å²) in [6.07, 6.45) is 0. The van der Waals surface area contributed by atoms with Crippen molar-refractivity contribution in [1.82, 2.24) is 5.32 Å². The number of amides is 1. The van der Waals surface area contributed by atoms with E-state index in [0.29, 0.717) is 13.1 Å². The fraction of sp³-hybridized carbons (Fsp3) is 0.600. The second-order valence-electron chi connectivity index (χ2n) is 2.04. The number of rotatable bonds is 5. The predicted octanol–water partition coefficient (Wildman–Crippen LogP) is -4.65. The quantitative estimate of drug-likeness (QED) is 0.124. The van der Waals surface area contributed by atoms with E-state index >= 15 is 0 Å². The lowest BCUT2D eigenvalue weighted by Gasteiger charge is -1.99. The molecule has 70 valence electrons. The van der Waals surface area contributed by atoms with Gasteiger partial charge in [0, 0.05) is 6.54 Å². The first kappa shape index (κ1) is 10.7. The number of nitrogens with one attached hydrogen (secondary N) is 2. The highest BCUT2D eigenvalue weighted by molar-refractivity contribution is 5.77. The van der Waals surface area contributed by atoms with Crippen molar-refractivity contribution in [3.63, 3.8) is 0 Å². The molecular weight excluding hydrogens is 162 g/mol. The van der Waals surface area contributed by atoms with Gasteiger partial charge in [0.2, 0.25) is 5.91 Å². The van der Waals surface area contributed by atoms with Crippen molar-refractivity contribution >= 4 is 11.9 Å². The van der Waals surface area contributed by atoms with Crippen molar-refractivity contribution in [2.24, 2.45) is 17.4 Å². The normalized spacial score (nSPS) is 9.08. The third-order valence-corrected chi connectivity index (χ3v) is 0.991. The first-order valence-electron chi connectivity index (χ1n) is 3.37. The van der Waals surface area contributed by atoms with E-state index in [2.05, 4.69) is 21.0 Å². The summed E-state index contributed by atoms with van der Waals surface area (Å²) in [6.45, 7) is 0.737. The number of hydrogen-bond acceptors (Lipinski definition) is 3. The molecule has 0 saturated carbocycles. The maximum Gasteiger partial charge on any atom is 0.338 e. The lowest BCUT2D eigenvalue weighted by molar-refractivity contribution is -0.456. The minimum Gasteiger partial charge on any atom is -0.351 e. The largest absolute Gasteiger partial charge is 0.351 e. The summed E-state index contributed by atoms with van der Waals surface area (Å²) in [7, 11) is 0. The monoisotopic (exact) mass is 176 g/mol. The lowest BCUT2D eigenvalue weighted by Crippen LogP contribution is -2.79. The van der Waals surface area contributed by atoms with Crippen molar-refractivity contribution in [2.45, 2.75) is 0 Å². The third-order valence-electron chi connectivity index (χ3n) is 0.991. The zero-order valence-electron chi connectivity index (χ0n) is 6.67. The van der Waals surface area contributed by atoms with E-state index in [-0.39, 0.29) is 18.5 Å². The molecule has 0 heterocycles. The molecule has 0 aliphatic heterocycles. The van der Waals surface area contributed by atoms with Gasteiger partial charge in [0.25, 0.3) is 0 Å². The average Bonchev–Trinajstić information content (AvgIpc) is 1.98. The molecule has 0 fully saturated rings. The Morgan fingerprint density at radius 2 is 2.17 bits per heavy atom. The molecule has 12 heavy (non-hydrogen) atoms. The van der Waals surface area contributed by atoms with Gasteiger partial charge in [0.1, 0.15) is 6.61 Å². The summed E-state index contributed by atoms with van der Waals surface area (Å²) in [5.74, 6) is 4.50. The van der Waals surface area contributed by atoms with Crippen LogP contribution in [-0.4, -0.2) is 31.6 Å². The van der Waals surface area contributed by atoms with Crippen LogP contribution in [0.2, 0.25) is 0 Å². The highest BCUT2D eigenvalue weighted by Crippen LogP contribution is 1.63. The highest BCUT2D eigenvalue weighted by Gasteiger charge is 1.97. The van der Waals surface area contributed by atoms with Gasteiger partial charge in [-0.3, -0.25) is 26.1 Å². The van der Waals surface area contributed by atoms with Crippen LogP contribution in [0.5, 0.6) is 0 Å². The van der Waals surface area contributed by atoms with Crippen molar-refractivity contribution in [3.8, 4) is 0 Å². The molecule has 0 radical (unpaired) electrons. The van der Waals surface area contributed by atoms with Gasteiger partial charge in [-0.05, 0) is 0 Å². The molecule has 0 aliphatic carbocycles. The van der Waals surface area contributed by atoms with Gasteiger partial charge in [0.15, 0.2) is 0 Å². The maximum atomic E-state index is 10.7. The molecule has 1 amide bonds. The van der Waals surface area contributed by atoms with Gasteiger partial charge in [-0.25, -0.2) is 5.90 Å². The van der Waals surface area contributed by atoms with Crippen LogP contribution in [0.1, 0.15) is 0 Å². The fourth-order valence-corrected chi connectivity index (χ4v) is 0.535. The van der Waals surface area contributed by atoms with Gasteiger partial charge in [-0.15, -0.1) is 0 Å². The number of carbonyl (C=O) groups excluding carboxylic acids is 1. The maximum absolute atomic E-state index is 10.7. The molecule has 0 unspecified atom stereocenters. The number of carbonyl (C=O) groups is 1. The van der Waals surface area contributed by atoms with Gasteiger partial charge in [-0.2, -0.15) is 0 Å². The molecule has 0 aromatic heterocycles. The number of hydrogen-bond donors (Lipinski definition) is 5. The second kappa shape index (κ2) is 6.38. The van der Waals surface area contributed by atoms with Crippen LogP contribution in [0, 0.1) is 0 Å². The first-order chi connectivity index (χ1) is 5.66. The van der Waals surface area contributed by atoms with Crippen LogP contribution < -0.4 is 27.7 Å². The molecule has 0 bridgehead atoms.